The van der Waals surface area contributed by atoms with Gasteiger partial charge in [-0.2, -0.15) is 4.31 Å². The average Bonchev–Trinajstić information content (AvgIpc) is 2.47. The lowest BCUT2D eigenvalue weighted by molar-refractivity contribution is -0.148. The molecule has 1 unspecified atom stereocenters. The lowest BCUT2D eigenvalue weighted by Crippen LogP contribution is -2.48. The third-order valence-corrected chi connectivity index (χ3v) is 5.43. The second-order valence-electron chi connectivity index (χ2n) is 4.69. The van der Waals surface area contributed by atoms with Gasteiger partial charge in [0.15, 0.2) is 0 Å². The standard InChI is InChI=1S/C13H17ClN2O4S/c1-2-20-13(17)11-5-3-4-8-16(11)21(18,19)10-6-7-15-12(14)9-10/h6-7,9,11H,2-5,8H2,1H3. The number of aromatic nitrogens is 1. The Hall–Kier alpha value is -1.18. The van der Waals surface area contributed by atoms with E-state index in [1.165, 1.54) is 22.6 Å². The minimum Gasteiger partial charge on any atom is -0.465 e. The van der Waals surface area contributed by atoms with Crippen LogP contribution in [0, 0.1) is 0 Å². The van der Waals surface area contributed by atoms with E-state index in [4.69, 9.17) is 16.3 Å². The first-order chi connectivity index (χ1) is 9.96. The van der Waals surface area contributed by atoms with Crippen LogP contribution in [0.15, 0.2) is 23.2 Å². The molecule has 2 rings (SSSR count). The van der Waals surface area contributed by atoms with Crippen LogP contribution in [0.25, 0.3) is 0 Å². The van der Waals surface area contributed by atoms with Crippen LogP contribution < -0.4 is 0 Å². The van der Waals surface area contributed by atoms with Crippen LogP contribution in [0.3, 0.4) is 0 Å². The fourth-order valence-corrected chi connectivity index (χ4v) is 4.25. The number of hydrogen-bond acceptors (Lipinski definition) is 5. The third kappa shape index (κ3) is 3.53. The zero-order valence-corrected chi connectivity index (χ0v) is 13.2. The fraction of sp³-hybridized carbons (Fsp3) is 0.538. The summed E-state index contributed by atoms with van der Waals surface area (Å²) in [6, 6.07) is 1.89. The van der Waals surface area contributed by atoms with Crippen molar-refractivity contribution >= 4 is 27.6 Å². The molecule has 0 amide bonds. The van der Waals surface area contributed by atoms with Gasteiger partial charge in [0, 0.05) is 12.7 Å². The minimum atomic E-state index is -3.79. The Labute approximate surface area is 129 Å². The van der Waals surface area contributed by atoms with E-state index >= 15 is 0 Å². The molecule has 0 saturated carbocycles. The van der Waals surface area contributed by atoms with Crippen molar-refractivity contribution in [2.75, 3.05) is 13.2 Å². The summed E-state index contributed by atoms with van der Waals surface area (Å²) in [4.78, 5) is 15.8. The van der Waals surface area contributed by atoms with Crippen molar-refractivity contribution in [1.29, 1.82) is 0 Å². The Morgan fingerprint density at radius 1 is 1.52 bits per heavy atom. The zero-order valence-electron chi connectivity index (χ0n) is 11.7. The average molecular weight is 333 g/mol. The molecule has 1 aromatic heterocycles. The Morgan fingerprint density at radius 3 is 2.95 bits per heavy atom. The van der Waals surface area contributed by atoms with Gasteiger partial charge in [-0.25, -0.2) is 13.4 Å². The summed E-state index contributed by atoms with van der Waals surface area (Å²) in [5, 5.41) is 0.0979. The predicted octanol–water partition coefficient (Wildman–Crippen LogP) is 1.84. The van der Waals surface area contributed by atoms with Gasteiger partial charge in [-0.05, 0) is 38.3 Å². The van der Waals surface area contributed by atoms with E-state index in [1.807, 2.05) is 0 Å². The zero-order chi connectivity index (χ0) is 15.5. The number of esters is 1. The van der Waals surface area contributed by atoms with Gasteiger partial charge >= 0.3 is 5.97 Å². The second kappa shape index (κ2) is 6.72. The Bertz CT molecular complexity index is 620. The van der Waals surface area contributed by atoms with Crippen LogP contribution in [0.2, 0.25) is 5.15 Å². The van der Waals surface area contributed by atoms with Crippen LogP contribution in [-0.2, 0) is 19.6 Å². The topological polar surface area (TPSA) is 76.6 Å². The first kappa shape index (κ1) is 16.2. The SMILES string of the molecule is CCOC(=O)C1CCCCN1S(=O)(=O)c1ccnc(Cl)c1. The van der Waals surface area contributed by atoms with Gasteiger partial charge in [0.05, 0.1) is 11.5 Å². The summed E-state index contributed by atoms with van der Waals surface area (Å²) >= 11 is 5.75. The quantitative estimate of drug-likeness (QED) is 0.621. The maximum atomic E-state index is 12.7. The third-order valence-electron chi connectivity index (χ3n) is 3.32. The van der Waals surface area contributed by atoms with Crippen LogP contribution in [0.4, 0.5) is 0 Å². The molecule has 1 aliphatic heterocycles. The number of carbonyl (C=O) groups excluding carboxylic acids is 1. The normalized spacial score (nSPS) is 20.2. The van der Waals surface area contributed by atoms with Gasteiger partial charge in [-0.15, -0.1) is 0 Å². The van der Waals surface area contributed by atoms with Crippen LogP contribution in [0.1, 0.15) is 26.2 Å². The van der Waals surface area contributed by atoms with E-state index in [2.05, 4.69) is 4.98 Å². The molecule has 0 radical (unpaired) electrons. The molecule has 1 aromatic rings. The van der Waals surface area contributed by atoms with Crippen molar-refractivity contribution in [1.82, 2.24) is 9.29 Å². The molecule has 21 heavy (non-hydrogen) atoms. The molecular weight excluding hydrogens is 316 g/mol. The van der Waals surface area contributed by atoms with Crippen LogP contribution in [0.5, 0.6) is 0 Å². The molecule has 6 nitrogen and oxygen atoms in total. The fourth-order valence-electron chi connectivity index (χ4n) is 2.35. The molecule has 8 heteroatoms. The molecule has 1 atom stereocenters. The maximum Gasteiger partial charge on any atom is 0.324 e. The van der Waals surface area contributed by atoms with E-state index in [0.29, 0.717) is 19.4 Å². The Kier molecular flexibility index (Phi) is 5.18. The van der Waals surface area contributed by atoms with Crippen molar-refractivity contribution in [3.63, 3.8) is 0 Å². The summed E-state index contributed by atoms with van der Waals surface area (Å²) in [7, 11) is -3.79. The van der Waals surface area contributed by atoms with Gasteiger partial charge in [-0.3, -0.25) is 4.79 Å². The molecule has 1 fully saturated rings. The number of hydrogen-bond donors (Lipinski definition) is 0. The maximum absolute atomic E-state index is 12.7. The highest BCUT2D eigenvalue weighted by molar-refractivity contribution is 7.89. The van der Waals surface area contributed by atoms with Gasteiger partial charge in [-0.1, -0.05) is 11.6 Å². The van der Waals surface area contributed by atoms with Crippen molar-refractivity contribution in [2.45, 2.75) is 37.1 Å². The monoisotopic (exact) mass is 332 g/mol. The first-order valence-electron chi connectivity index (χ1n) is 6.77. The van der Waals surface area contributed by atoms with Gasteiger partial charge in [0.25, 0.3) is 0 Å². The molecule has 0 aromatic carbocycles. The molecular formula is C13H17ClN2O4S. The number of piperidine rings is 1. The molecule has 0 bridgehead atoms. The molecule has 0 N–H and O–H groups in total. The summed E-state index contributed by atoms with van der Waals surface area (Å²) in [6.45, 7) is 2.22. The first-order valence-corrected chi connectivity index (χ1v) is 8.58. The van der Waals surface area contributed by atoms with Crippen LogP contribution in [-0.4, -0.2) is 42.9 Å². The number of halogens is 1. The number of sulfonamides is 1. The van der Waals surface area contributed by atoms with Crippen LogP contribution >= 0.6 is 11.6 Å². The second-order valence-corrected chi connectivity index (χ2v) is 6.97. The minimum absolute atomic E-state index is 0.0405. The largest absolute Gasteiger partial charge is 0.465 e. The van der Waals surface area contributed by atoms with E-state index in [1.54, 1.807) is 6.92 Å². The molecule has 116 valence electrons. The Balaban J connectivity index is 2.34. The highest BCUT2D eigenvalue weighted by Crippen LogP contribution is 2.26. The lowest BCUT2D eigenvalue weighted by atomic mass is 10.1. The molecule has 2 heterocycles. The predicted molar refractivity (Wildman–Crippen MR) is 77.4 cm³/mol. The molecule has 1 aliphatic rings. The van der Waals surface area contributed by atoms with Gasteiger partial charge < -0.3 is 4.74 Å². The Morgan fingerprint density at radius 2 is 2.29 bits per heavy atom. The smallest absolute Gasteiger partial charge is 0.324 e. The van der Waals surface area contributed by atoms with Crippen molar-refractivity contribution in [3.05, 3.63) is 23.5 Å². The van der Waals surface area contributed by atoms with Crippen molar-refractivity contribution in [2.24, 2.45) is 0 Å². The van der Waals surface area contributed by atoms with Gasteiger partial charge in [0.2, 0.25) is 10.0 Å². The van der Waals surface area contributed by atoms with Gasteiger partial charge in [0.1, 0.15) is 11.2 Å². The number of pyridine rings is 1. The number of nitrogens with zero attached hydrogens (tertiary/aromatic N) is 2. The number of ether oxygens (including phenoxy) is 1. The van der Waals surface area contributed by atoms with Crippen molar-refractivity contribution < 1.29 is 17.9 Å². The highest BCUT2D eigenvalue weighted by Gasteiger charge is 2.38. The summed E-state index contributed by atoms with van der Waals surface area (Å²) < 4.78 is 31.6. The number of carbonyl (C=O) groups is 1. The summed E-state index contributed by atoms with van der Waals surface area (Å²) in [5.41, 5.74) is 0. The van der Waals surface area contributed by atoms with E-state index in [9.17, 15) is 13.2 Å². The molecule has 0 spiro atoms. The summed E-state index contributed by atoms with van der Waals surface area (Å²) in [5.74, 6) is -0.499. The number of rotatable bonds is 4. The molecule has 1 saturated heterocycles. The highest BCUT2D eigenvalue weighted by atomic mass is 35.5. The van der Waals surface area contributed by atoms with E-state index in [0.717, 1.165) is 6.42 Å². The molecule has 0 aliphatic carbocycles. The van der Waals surface area contributed by atoms with Crippen molar-refractivity contribution in [3.8, 4) is 0 Å². The lowest BCUT2D eigenvalue weighted by Gasteiger charge is -2.32. The summed E-state index contributed by atoms with van der Waals surface area (Å²) in [6.07, 6.45) is 3.32. The van der Waals surface area contributed by atoms with E-state index in [-0.39, 0.29) is 16.7 Å². The van der Waals surface area contributed by atoms with E-state index < -0.39 is 22.0 Å².